The lowest BCUT2D eigenvalue weighted by Crippen LogP contribution is -2.15. The number of carbonyl (C=O) groups is 1. The SMILES string of the molecule is O=C(CSc1nc(-c2ccccc2)cc(C(F)(F)F)n1)Nc1nccs1. The maximum absolute atomic E-state index is 13.1. The van der Waals surface area contributed by atoms with Crippen LogP contribution in [0.4, 0.5) is 18.3 Å². The van der Waals surface area contributed by atoms with Crippen molar-refractivity contribution >= 4 is 34.1 Å². The molecule has 0 fully saturated rings. The lowest BCUT2D eigenvalue weighted by molar-refractivity contribution is -0.141. The van der Waals surface area contributed by atoms with Gasteiger partial charge in [-0.1, -0.05) is 42.1 Å². The van der Waals surface area contributed by atoms with Gasteiger partial charge in [0.1, 0.15) is 5.69 Å². The van der Waals surface area contributed by atoms with Crippen LogP contribution in [0.2, 0.25) is 0 Å². The van der Waals surface area contributed by atoms with Gasteiger partial charge in [0.2, 0.25) is 5.91 Å². The smallest absolute Gasteiger partial charge is 0.301 e. The molecule has 26 heavy (non-hydrogen) atoms. The third-order valence-electron chi connectivity index (χ3n) is 3.08. The van der Waals surface area contributed by atoms with E-state index in [0.29, 0.717) is 10.7 Å². The van der Waals surface area contributed by atoms with Gasteiger partial charge in [-0.25, -0.2) is 15.0 Å². The van der Waals surface area contributed by atoms with Crippen molar-refractivity contribution in [3.05, 3.63) is 53.7 Å². The summed E-state index contributed by atoms with van der Waals surface area (Å²) in [6, 6.07) is 9.39. The van der Waals surface area contributed by atoms with E-state index in [1.807, 2.05) is 0 Å². The predicted octanol–water partition coefficient (Wildman–Crippen LogP) is 4.35. The zero-order chi connectivity index (χ0) is 18.6. The Bertz CT molecular complexity index is 886. The Labute approximate surface area is 154 Å². The van der Waals surface area contributed by atoms with Crippen molar-refractivity contribution in [3.8, 4) is 11.3 Å². The fourth-order valence-electron chi connectivity index (χ4n) is 1.96. The second-order valence-corrected chi connectivity index (χ2v) is 6.80. The average molecular weight is 396 g/mol. The van der Waals surface area contributed by atoms with Gasteiger partial charge in [0, 0.05) is 17.1 Å². The fourth-order valence-corrected chi connectivity index (χ4v) is 3.17. The van der Waals surface area contributed by atoms with Crippen LogP contribution in [0.5, 0.6) is 0 Å². The summed E-state index contributed by atoms with van der Waals surface area (Å²) in [5.74, 6) is -0.526. The van der Waals surface area contributed by atoms with Crippen LogP contribution in [0.1, 0.15) is 5.69 Å². The lowest BCUT2D eigenvalue weighted by Gasteiger charge is -2.10. The number of nitrogens with zero attached hydrogens (tertiary/aromatic N) is 3. The van der Waals surface area contributed by atoms with Crippen molar-refractivity contribution in [1.29, 1.82) is 0 Å². The average Bonchev–Trinajstić information content (AvgIpc) is 3.13. The van der Waals surface area contributed by atoms with Crippen LogP contribution in [0, 0.1) is 0 Å². The number of hydrogen-bond donors (Lipinski definition) is 1. The predicted molar refractivity (Wildman–Crippen MR) is 93.9 cm³/mol. The van der Waals surface area contributed by atoms with E-state index in [1.54, 1.807) is 35.7 Å². The highest BCUT2D eigenvalue weighted by Crippen LogP contribution is 2.32. The van der Waals surface area contributed by atoms with Gasteiger partial charge in [-0.3, -0.25) is 4.79 Å². The van der Waals surface area contributed by atoms with E-state index in [9.17, 15) is 18.0 Å². The largest absolute Gasteiger partial charge is 0.433 e. The molecule has 0 saturated carbocycles. The van der Waals surface area contributed by atoms with E-state index in [-0.39, 0.29) is 16.6 Å². The van der Waals surface area contributed by atoms with Gasteiger partial charge in [0.15, 0.2) is 10.3 Å². The maximum Gasteiger partial charge on any atom is 0.433 e. The first-order valence-electron chi connectivity index (χ1n) is 7.25. The molecule has 0 unspecified atom stereocenters. The Morgan fingerprint density at radius 1 is 1.19 bits per heavy atom. The van der Waals surface area contributed by atoms with Gasteiger partial charge in [-0.2, -0.15) is 13.2 Å². The first kappa shape index (κ1) is 18.3. The summed E-state index contributed by atoms with van der Waals surface area (Å²) in [6.45, 7) is 0. The van der Waals surface area contributed by atoms with Crippen molar-refractivity contribution in [2.75, 3.05) is 11.1 Å². The first-order valence-corrected chi connectivity index (χ1v) is 9.12. The van der Waals surface area contributed by atoms with E-state index in [0.717, 1.165) is 17.8 Å². The summed E-state index contributed by atoms with van der Waals surface area (Å²) in [7, 11) is 0. The van der Waals surface area contributed by atoms with Crippen LogP contribution in [0.3, 0.4) is 0 Å². The Kier molecular flexibility index (Phi) is 5.52. The van der Waals surface area contributed by atoms with Gasteiger partial charge >= 0.3 is 6.18 Å². The molecule has 2 heterocycles. The second kappa shape index (κ2) is 7.83. The summed E-state index contributed by atoms with van der Waals surface area (Å²) in [5, 5.41) is 4.56. The summed E-state index contributed by atoms with van der Waals surface area (Å²) < 4.78 is 39.4. The molecule has 10 heteroatoms. The number of halogens is 3. The molecule has 1 aromatic carbocycles. The molecular weight excluding hydrogens is 385 g/mol. The highest BCUT2D eigenvalue weighted by atomic mass is 32.2. The van der Waals surface area contributed by atoms with Crippen molar-refractivity contribution in [2.45, 2.75) is 11.3 Å². The van der Waals surface area contributed by atoms with Crippen LogP contribution in [-0.4, -0.2) is 26.6 Å². The van der Waals surface area contributed by atoms with E-state index in [2.05, 4.69) is 20.3 Å². The quantitative estimate of drug-likeness (QED) is 0.513. The topological polar surface area (TPSA) is 67.8 Å². The molecule has 0 spiro atoms. The zero-order valence-electron chi connectivity index (χ0n) is 13.0. The van der Waals surface area contributed by atoms with Crippen LogP contribution in [-0.2, 0) is 11.0 Å². The number of nitrogens with one attached hydrogen (secondary N) is 1. The van der Waals surface area contributed by atoms with Crippen LogP contribution in [0.25, 0.3) is 11.3 Å². The Balaban J connectivity index is 1.80. The zero-order valence-corrected chi connectivity index (χ0v) is 14.7. The second-order valence-electron chi connectivity index (χ2n) is 4.96. The van der Waals surface area contributed by atoms with E-state index < -0.39 is 17.8 Å². The Morgan fingerprint density at radius 3 is 2.62 bits per heavy atom. The Morgan fingerprint density at radius 2 is 1.96 bits per heavy atom. The van der Waals surface area contributed by atoms with Crippen molar-refractivity contribution in [3.63, 3.8) is 0 Å². The van der Waals surface area contributed by atoms with E-state index in [1.165, 1.54) is 17.5 Å². The molecule has 0 radical (unpaired) electrons. The first-order chi connectivity index (χ1) is 12.4. The number of rotatable bonds is 5. The van der Waals surface area contributed by atoms with Gasteiger partial charge < -0.3 is 5.32 Å². The highest BCUT2D eigenvalue weighted by molar-refractivity contribution is 7.99. The fraction of sp³-hybridized carbons (Fsp3) is 0.125. The molecule has 2 aromatic heterocycles. The van der Waals surface area contributed by atoms with E-state index >= 15 is 0 Å². The van der Waals surface area contributed by atoms with Crippen LogP contribution < -0.4 is 5.32 Å². The molecule has 134 valence electrons. The molecule has 1 N–H and O–H groups in total. The lowest BCUT2D eigenvalue weighted by atomic mass is 10.1. The molecule has 0 atom stereocenters. The number of thioether (sulfide) groups is 1. The van der Waals surface area contributed by atoms with Gasteiger partial charge in [0.25, 0.3) is 0 Å². The number of hydrogen-bond acceptors (Lipinski definition) is 6. The standard InChI is InChI=1S/C16H11F3N4OS2/c17-16(18,19)12-8-11(10-4-2-1-3-5-10)21-15(22-12)26-9-13(24)23-14-20-6-7-25-14/h1-8H,9H2,(H,20,23,24). The minimum Gasteiger partial charge on any atom is -0.301 e. The molecule has 0 bridgehead atoms. The van der Waals surface area contributed by atoms with E-state index in [4.69, 9.17) is 0 Å². The number of anilines is 1. The molecule has 0 saturated heterocycles. The van der Waals surface area contributed by atoms with Crippen LogP contribution >= 0.6 is 23.1 Å². The van der Waals surface area contributed by atoms with Gasteiger partial charge in [-0.15, -0.1) is 11.3 Å². The Hall–Kier alpha value is -2.46. The maximum atomic E-state index is 13.1. The third kappa shape index (κ3) is 4.79. The van der Waals surface area contributed by atoms with Crippen molar-refractivity contribution in [2.24, 2.45) is 0 Å². The molecule has 5 nitrogen and oxygen atoms in total. The highest BCUT2D eigenvalue weighted by Gasteiger charge is 2.33. The third-order valence-corrected chi connectivity index (χ3v) is 4.61. The molecule has 0 aliphatic rings. The molecule has 0 aliphatic heterocycles. The summed E-state index contributed by atoms with van der Waals surface area (Å²) >= 11 is 2.08. The van der Waals surface area contributed by atoms with Crippen LogP contribution in [0.15, 0.2) is 53.1 Å². The minimum absolute atomic E-state index is 0.118. The normalized spacial score (nSPS) is 11.3. The van der Waals surface area contributed by atoms with Gasteiger partial charge in [-0.05, 0) is 6.07 Å². The number of amides is 1. The minimum atomic E-state index is -4.61. The number of aromatic nitrogens is 3. The monoisotopic (exact) mass is 396 g/mol. The van der Waals surface area contributed by atoms with Crippen molar-refractivity contribution in [1.82, 2.24) is 15.0 Å². The number of thiazole rings is 1. The molecular formula is C16H11F3N4OS2. The summed E-state index contributed by atoms with van der Waals surface area (Å²) in [6.07, 6.45) is -3.07. The van der Waals surface area contributed by atoms with Crippen molar-refractivity contribution < 1.29 is 18.0 Å². The number of alkyl halides is 3. The molecule has 1 amide bonds. The molecule has 3 rings (SSSR count). The summed E-state index contributed by atoms with van der Waals surface area (Å²) in [4.78, 5) is 23.5. The number of carbonyl (C=O) groups excluding carboxylic acids is 1. The number of benzene rings is 1. The van der Waals surface area contributed by atoms with Gasteiger partial charge in [0.05, 0.1) is 11.4 Å². The summed E-state index contributed by atoms with van der Waals surface area (Å²) in [5.41, 5.74) is -0.362. The molecule has 0 aliphatic carbocycles. The molecule has 3 aromatic rings.